The molecule has 2 heterocycles. The van der Waals surface area contributed by atoms with Gasteiger partial charge in [0.2, 0.25) is 5.91 Å². The van der Waals surface area contributed by atoms with Crippen LogP contribution in [0.3, 0.4) is 0 Å². The molecular weight excluding hydrogens is 442 g/mol. The molecule has 0 spiro atoms. The predicted octanol–water partition coefficient (Wildman–Crippen LogP) is 4.19. The van der Waals surface area contributed by atoms with Gasteiger partial charge in [-0.2, -0.15) is 0 Å². The lowest BCUT2D eigenvalue weighted by atomic mass is 10.2. The van der Waals surface area contributed by atoms with E-state index in [-0.39, 0.29) is 6.10 Å². The van der Waals surface area contributed by atoms with Gasteiger partial charge >= 0.3 is 5.97 Å². The van der Waals surface area contributed by atoms with E-state index in [1.54, 1.807) is 45.9 Å². The first-order valence-electron chi connectivity index (χ1n) is 9.49. The first-order valence-corrected chi connectivity index (χ1v) is 10.7. The summed E-state index contributed by atoms with van der Waals surface area (Å²) in [7, 11) is 1.50. The molecule has 0 aliphatic carbocycles. The molecule has 0 fully saturated rings. The second-order valence-corrected chi connectivity index (χ2v) is 8.57. The molecule has 1 atom stereocenters. The number of nitrogens with one attached hydrogen (secondary N) is 1. The Morgan fingerprint density at radius 3 is 2.58 bits per heavy atom. The van der Waals surface area contributed by atoms with Crippen LogP contribution in [-0.2, 0) is 9.53 Å². The number of halogens is 1. The fourth-order valence-corrected chi connectivity index (χ4v) is 4.27. The number of methoxy groups -OCH3 is 1. The zero-order chi connectivity index (χ0) is 22.9. The molecule has 0 radical (unpaired) electrons. The molecule has 2 aromatic heterocycles. The number of hydrogen-bond acceptors (Lipinski definition) is 7. The fraction of sp³-hybridized carbons (Fsp3) is 0.333. The molecule has 0 bridgehead atoms. The van der Waals surface area contributed by atoms with E-state index in [2.05, 4.69) is 10.3 Å². The summed E-state index contributed by atoms with van der Waals surface area (Å²) in [6.07, 6.45) is 1.03. The van der Waals surface area contributed by atoms with Crippen molar-refractivity contribution in [1.82, 2.24) is 9.55 Å². The van der Waals surface area contributed by atoms with Crippen LogP contribution >= 0.6 is 22.9 Å². The van der Waals surface area contributed by atoms with Crippen molar-refractivity contribution >= 4 is 50.7 Å². The Kier molecular flexibility index (Phi) is 6.66. The Hall–Kier alpha value is -2.91. The molecular formula is C21H22ClN3O5S. The van der Waals surface area contributed by atoms with Gasteiger partial charge in [0.05, 0.1) is 29.9 Å². The number of aromatic nitrogens is 2. The number of aryl methyl sites for hydroxylation is 1. The van der Waals surface area contributed by atoms with Gasteiger partial charge in [-0.05, 0) is 51.5 Å². The quantitative estimate of drug-likeness (QED) is 0.550. The van der Waals surface area contributed by atoms with E-state index in [1.165, 1.54) is 18.0 Å². The van der Waals surface area contributed by atoms with Crippen molar-refractivity contribution in [3.05, 3.63) is 50.3 Å². The summed E-state index contributed by atoms with van der Waals surface area (Å²) in [4.78, 5) is 43.2. The Morgan fingerprint density at radius 2 is 1.97 bits per heavy atom. The minimum atomic E-state index is -0.851. The van der Waals surface area contributed by atoms with Gasteiger partial charge in [-0.3, -0.25) is 14.2 Å². The number of carbonyl (C=O) groups is 2. The van der Waals surface area contributed by atoms with Gasteiger partial charge in [-0.25, -0.2) is 9.78 Å². The van der Waals surface area contributed by atoms with Crippen molar-refractivity contribution in [2.45, 2.75) is 39.8 Å². The molecule has 0 saturated carbocycles. The number of thiophene rings is 1. The topological polar surface area (TPSA) is 99.5 Å². The molecule has 1 unspecified atom stereocenters. The van der Waals surface area contributed by atoms with Crippen LogP contribution in [-0.4, -0.2) is 34.6 Å². The van der Waals surface area contributed by atoms with Crippen molar-refractivity contribution in [1.29, 1.82) is 0 Å². The van der Waals surface area contributed by atoms with Gasteiger partial charge in [0, 0.05) is 5.69 Å². The number of rotatable bonds is 6. The number of amides is 1. The Morgan fingerprint density at radius 1 is 1.26 bits per heavy atom. The number of carbonyl (C=O) groups excluding carboxylic acids is 2. The van der Waals surface area contributed by atoms with Crippen LogP contribution in [0.15, 0.2) is 29.3 Å². The lowest BCUT2D eigenvalue weighted by Gasteiger charge is -2.15. The highest BCUT2D eigenvalue weighted by Gasteiger charge is 2.24. The first kappa shape index (κ1) is 22.8. The molecule has 0 aliphatic rings. The fourth-order valence-electron chi connectivity index (χ4n) is 2.99. The second-order valence-electron chi connectivity index (χ2n) is 7.16. The van der Waals surface area contributed by atoms with Crippen LogP contribution in [0.1, 0.15) is 42.0 Å². The highest BCUT2D eigenvalue weighted by Crippen LogP contribution is 2.29. The standard InChI is InChI=1S/C21H22ClN3O5S/c1-10(2)30-21(28)17-11(3)16-19(31-17)23-9-25(20(16)27)12(4)18(26)24-13-6-7-15(29-5)14(22)8-13/h6-10,12H,1-5H3,(H,24,26). The van der Waals surface area contributed by atoms with Crippen LogP contribution in [0.5, 0.6) is 5.75 Å². The normalized spacial score (nSPS) is 12.1. The monoisotopic (exact) mass is 463 g/mol. The van der Waals surface area contributed by atoms with Crippen molar-refractivity contribution < 1.29 is 19.1 Å². The summed E-state index contributed by atoms with van der Waals surface area (Å²) in [5.41, 5.74) is 0.556. The largest absolute Gasteiger partial charge is 0.495 e. The first-order chi connectivity index (χ1) is 14.6. The van der Waals surface area contributed by atoms with Crippen molar-refractivity contribution in [2.75, 3.05) is 12.4 Å². The third-order valence-corrected chi connectivity index (χ3v) is 6.10. The molecule has 1 aromatic carbocycles. The maximum Gasteiger partial charge on any atom is 0.348 e. The molecule has 0 aliphatic heterocycles. The van der Waals surface area contributed by atoms with Crippen molar-refractivity contribution in [2.24, 2.45) is 0 Å². The highest BCUT2D eigenvalue weighted by atomic mass is 35.5. The third kappa shape index (κ3) is 4.57. The Bertz CT molecular complexity index is 1220. The molecule has 3 aromatic rings. The van der Waals surface area contributed by atoms with Crippen LogP contribution in [0.25, 0.3) is 10.2 Å². The van der Waals surface area contributed by atoms with E-state index in [0.717, 1.165) is 11.3 Å². The number of hydrogen-bond donors (Lipinski definition) is 1. The third-order valence-electron chi connectivity index (χ3n) is 4.62. The Balaban J connectivity index is 1.91. The molecule has 164 valence electrons. The van der Waals surface area contributed by atoms with E-state index in [9.17, 15) is 14.4 Å². The van der Waals surface area contributed by atoms with E-state index in [0.29, 0.717) is 37.1 Å². The summed E-state index contributed by atoms with van der Waals surface area (Å²) in [6.45, 7) is 6.77. The predicted molar refractivity (Wildman–Crippen MR) is 121 cm³/mol. The average molecular weight is 464 g/mol. The zero-order valence-electron chi connectivity index (χ0n) is 17.7. The van der Waals surface area contributed by atoms with E-state index >= 15 is 0 Å². The van der Waals surface area contributed by atoms with Gasteiger partial charge in [0.25, 0.3) is 5.56 Å². The summed E-state index contributed by atoms with van der Waals surface area (Å²) in [5.74, 6) is -0.432. The average Bonchev–Trinajstić information content (AvgIpc) is 3.05. The van der Waals surface area contributed by atoms with Crippen molar-refractivity contribution in [3.63, 3.8) is 0 Å². The minimum Gasteiger partial charge on any atom is -0.495 e. The number of anilines is 1. The molecule has 0 saturated heterocycles. The number of nitrogens with zero attached hydrogens (tertiary/aromatic N) is 2. The summed E-state index contributed by atoms with van der Waals surface area (Å²) < 4.78 is 11.6. The van der Waals surface area contributed by atoms with Crippen LogP contribution < -0.4 is 15.6 Å². The summed E-state index contributed by atoms with van der Waals surface area (Å²) in [6, 6.07) is 3.99. The maximum atomic E-state index is 13.1. The summed E-state index contributed by atoms with van der Waals surface area (Å²) in [5, 5.41) is 3.38. The summed E-state index contributed by atoms with van der Waals surface area (Å²) >= 11 is 7.20. The van der Waals surface area contributed by atoms with E-state index < -0.39 is 23.5 Å². The maximum absolute atomic E-state index is 13.1. The van der Waals surface area contributed by atoms with Crippen LogP contribution in [0.4, 0.5) is 5.69 Å². The lowest BCUT2D eigenvalue weighted by Crippen LogP contribution is -2.31. The van der Waals surface area contributed by atoms with Gasteiger partial charge in [-0.1, -0.05) is 11.6 Å². The molecule has 1 amide bonds. The molecule has 10 heteroatoms. The Labute approximate surface area is 187 Å². The smallest absolute Gasteiger partial charge is 0.348 e. The van der Waals surface area contributed by atoms with Gasteiger partial charge in [0.15, 0.2) is 0 Å². The molecule has 31 heavy (non-hydrogen) atoms. The van der Waals surface area contributed by atoms with Crippen LogP contribution in [0.2, 0.25) is 5.02 Å². The van der Waals surface area contributed by atoms with Crippen LogP contribution in [0, 0.1) is 6.92 Å². The molecule has 1 N–H and O–H groups in total. The van der Waals surface area contributed by atoms with Gasteiger partial charge < -0.3 is 14.8 Å². The van der Waals surface area contributed by atoms with Gasteiger partial charge in [0.1, 0.15) is 21.5 Å². The van der Waals surface area contributed by atoms with E-state index in [4.69, 9.17) is 21.1 Å². The zero-order valence-corrected chi connectivity index (χ0v) is 19.3. The lowest BCUT2D eigenvalue weighted by molar-refractivity contribution is -0.118. The molecule has 3 rings (SSSR count). The molecule has 8 nitrogen and oxygen atoms in total. The second kappa shape index (κ2) is 9.07. The minimum absolute atomic E-state index is 0.281. The number of fused-ring (bicyclic) bond motifs is 1. The van der Waals surface area contributed by atoms with Gasteiger partial charge in [-0.15, -0.1) is 11.3 Å². The highest BCUT2D eigenvalue weighted by molar-refractivity contribution is 7.20. The SMILES string of the molecule is COc1ccc(NC(=O)C(C)n2cnc3sc(C(=O)OC(C)C)c(C)c3c2=O)cc1Cl. The van der Waals surface area contributed by atoms with E-state index in [1.807, 2.05) is 0 Å². The number of ether oxygens (including phenoxy) is 2. The number of benzene rings is 1. The number of esters is 1. The van der Waals surface area contributed by atoms with Crippen molar-refractivity contribution in [3.8, 4) is 5.75 Å².